The summed E-state index contributed by atoms with van der Waals surface area (Å²) in [4.78, 5) is 25.9. The predicted octanol–water partition coefficient (Wildman–Crippen LogP) is 1.34. The second kappa shape index (κ2) is 4.92. The Bertz CT molecular complexity index is 528. The summed E-state index contributed by atoms with van der Waals surface area (Å²) >= 11 is 0. The summed E-state index contributed by atoms with van der Waals surface area (Å²) < 4.78 is 1.78. The van der Waals surface area contributed by atoms with E-state index in [2.05, 4.69) is 10.4 Å². The molecule has 1 fully saturated rings. The van der Waals surface area contributed by atoms with Crippen molar-refractivity contribution in [1.29, 1.82) is 0 Å². The van der Waals surface area contributed by atoms with Crippen molar-refractivity contribution in [1.82, 2.24) is 15.1 Å². The van der Waals surface area contributed by atoms with Gasteiger partial charge in [0.2, 0.25) is 5.91 Å². The highest BCUT2D eigenvalue weighted by Gasteiger charge is 2.40. The molecule has 0 aliphatic carbocycles. The molecule has 0 bridgehead atoms. The van der Waals surface area contributed by atoms with Crippen molar-refractivity contribution in [3.8, 4) is 0 Å². The van der Waals surface area contributed by atoms with E-state index >= 15 is 0 Å². The number of hydrogen-bond donors (Lipinski definition) is 1. The number of amides is 2. The van der Waals surface area contributed by atoms with Crippen molar-refractivity contribution in [3.05, 3.63) is 12.4 Å². The van der Waals surface area contributed by atoms with Crippen LogP contribution in [0.2, 0.25) is 0 Å². The van der Waals surface area contributed by atoms with E-state index in [0.29, 0.717) is 5.69 Å². The maximum absolute atomic E-state index is 12.6. The molecule has 1 aliphatic rings. The molecule has 6 nitrogen and oxygen atoms in total. The van der Waals surface area contributed by atoms with Crippen LogP contribution < -0.4 is 10.2 Å². The lowest BCUT2D eigenvalue weighted by atomic mass is 9.84. The molecular formula is C14H22N4O2. The number of rotatable bonds is 2. The van der Waals surface area contributed by atoms with Crippen LogP contribution in [0.5, 0.6) is 0 Å². The molecule has 1 aromatic heterocycles. The molecule has 0 spiro atoms. The van der Waals surface area contributed by atoms with Gasteiger partial charge < -0.3 is 5.32 Å². The van der Waals surface area contributed by atoms with Crippen LogP contribution in [0.4, 0.5) is 5.69 Å². The molecule has 1 unspecified atom stereocenters. The maximum Gasteiger partial charge on any atom is 0.250 e. The molecule has 1 aliphatic heterocycles. The number of nitrogens with one attached hydrogen (secondary N) is 1. The largest absolute Gasteiger partial charge is 0.342 e. The normalized spacial score (nSPS) is 20.5. The first-order chi connectivity index (χ1) is 9.20. The van der Waals surface area contributed by atoms with Gasteiger partial charge in [0.15, 0.2) is 0 Å². The fraction of sp³-hybridized carbons (Fsp3) is 0.643. The summed E-state index contributed by atoms with van der Waals surface area (Å²) in [6.45, 7) is 9.90. The molecule has 1 saturated heterocycles. The SMILES string of the molecule is CC(C)n1cc(N2CC(=O)NC(C(C)(C)C)C2=O)cn1. The number of aromatic nitrogens is 2. The van der Waals surface area contributed by atoms with Crippen molar-refractivity contribution >= 4 is 17.5 Å². The number of piperazine rings is 1. The molecule has 110 valence electrons. The van der Waals surface area contributed by atoms with Gasteiger partial charge in [-0.3, -0.25) is 19.2 Å². The Labute approximate surface area is 119 Å². The molecule has 1 N–H and O–H groups in total. The Morgan fingerprint density at radius 1 is 1.35 bits per heavy atom. The van der Waals surface area contributed by atoms with Crippen LogP contribution in [0.3, 0.4) is 0 Å². The average molecular weight is 278 g/mol. The lowest BCUT2D eigenvalue weighted by Gasteiger charge is -2.38. The quantitative estimate of drug-likeness (QED) is 0.887. The van der Waals surface area contributed by atoms with Crippen molar-refractivity contribution in [3.63, 3.8) is 0 Å². The highest BCUT2D eigenvalue weighted by molar-refractivity contribution is 6.06. The summed E-state index contributed by atoms with van der Waals surface area (Å²) in [5.74, 6) is -0.220. The fourth-order valence-corrected chi connectivity index (χ4v) is 2.20. The molecule has 2 heterocycles. The molecule has 2 rings (SSSR count). The van der Waals surface area contributed by atoms with Crippen LogP contribution in [-0.2, 0) is 9.59 Å². The van der Waals surface area contributed by atoms with Crippen molar-refractivity contribution in [2.75, 3.05) is 11.4 Å². The predicted molar refractivity (Wildman–Crippen MR) is 76.4 cm³/mol. The van der Waals surface area contributed by atoms with Crippen LogP contribution in [0.1, 0.15) is 40.7 Å². The number of nitrogens with zero attached hydrogens (tertiary/aromatic N) is 3. The summed E-state index contributed by atoms with van der Waals surface area (Å²) in [7, 11) is 0. The van der Waals surface area contributed by atoms with Gasteiger partial charge in [0.05, 0.1) is 11.9 Å². The van der Waals surface area contributed by atoms with E-state index in [-0.39, 0.29) is 29.8 Å². The summed E-state index contributed by atoms with van der Waals surface area (Å²) in [5.41, 5.74) is 0.354. The van der Waals surface area contributed by atoms with E-state index in [1.165, 1.54) is 4.90 Å². The number of carbonyl (C=O) groups is 2. The first-order valence-corrected chi connectivity index (χ1v) is 6.85. The third-order valence-electron chi connectivity index (χ3n) is 3.41. The van der Waals surface area contributed by atoms with Crippen LogP contribution in [0.15, 0.2) is 12.4 Å². The standard InChI is InChI=1S/C14H22N4O2/c1-9(2)18-7-10(6-15-18)17-8-11(19)16-12(13(17)20)14(3,4)5/h6-7,9,12H,8H2,1-5H3,(H,16,19). The zero-order chi connectivity index (χ0) is 15.1. The van der Waals surface area contributed by atoms with Crippen molar-refractivity contribution in [2.24, 2.45) is 5.41 Å². The first-order valence-electron chi connectivity index (χ1n) is 6.85. The minimum atomic E-state index is -0.508. The molecule has 20 heavy (non-hydrogen) atoms. The second-order valence-corrected chi connectivity index (χ2v) is 6.56. The monoisotopic (exact) mass is 278 g/mol. The minimum absolute atomic E-state index is 0.0508. The molecule has 6 heteroatoms. The van der Waals surface area contributed by atoms with Crippen LogP contribution in [0.25, 0.3) is 0 Å². The van der Waals surface area contributed by atoms with Crippen LogP contribution in [0, 0.1) is 5.41 Å². The van der Waals surface area contributed by atoms with E-state index < -0.39 is 6.04 Å². The summed E-state index contributed by atoms with van der Waals surface area (Å²) in [6.07, 6.45) is 3.44. The van der Waals surface area contributed by atoms with Gasteiger partial charge in [0.1, 0.15) is 12.6 Å². The van der Waals surface area contributed by atoms with Crippen molar-refractivity contribution in [2.45, 2.75) is 46.7 Å². The van der Waals surface area contributed by atoms with E-state index in [1.54, 1.807) is 17.1 Å². The second-order valence-electron chi connectivity index (χ2n) is 6.56. The zero-order valence-corrected chi connectivity index (χ0v) is 12.7. The molecule has 0 radical (unpaired) electrons. The van der Waals surface area contributed by atoms with Crippen LogP contribution >= 0.6 is 0 Å². The number of anilines is 1. The van der Waals surface area contributed by atoms with Gasteiger partial charge in [0, 0.05) is 12.2 Å². The zero-order valence-electron chi connectivity index (χ0n) is 12.7. The third-order valence-corrected chi connectivity index (χ3v) is 3.41. The highest BCUT2D eigenvalue weighted by atomic mass is 16.2. The Balaban J connectivity index is 2.30. The summed E-state index contributed by atoms with van der Waals surface area (Å²) in [6, 6.07) is -0.290. The molecule has 2 amide bonds. The lowest BCUT2D eigenvalue weighted by molar-refractivity contribution is -0.133. The topological polar surface area (TPSA) is 67.2 Å². The Morgan fingerprint density at radius 3 is 2.50 bits per heavy atom. The average Bonchev–Trinajstić information content (AvgIpc) is 2.79. The smallest absolute Gasteiger partial charge is 0.250 e. The molecule has 0 saturated carbocycles. The Kier molecular flexibility index (Phi) is 3.58. The summed E-state index contributed by atoms with van der Waals surface area (Å²) in [5, 5.41) is 7.01. The van der Waals surface area contributed by atoms with Crippen molar-refractivity contribution < 1.29 is 9.59 Å². The van der Waals surface area contributed by atoms with E-state index in [1.807, 2.05) is 34.6 Å². The Morgan fingerprint density at radius 2 is 2.00 bits per heavy atom. The molecule has 0 aromatic carbocycles. The first kappa shape index (κ1) is 14.6. The number of carbonyl (C=O) groups excluding carboxylic acids is 2. The van der Waals surface area contributed by atoms with E-state index in [0.717, 1.165) is 0 Å². The van der Waals surface area contributed by atoms with Crippen LogP contribution in [-0.4, -0.2) is 34.2 Å². The van der Waals surface area contributed by atoms with Gasteiger partial charge in [-0.05, 0) is 19.3 Å². The van der Waals surface area contributed by atoms with Gasteiger partial charge in [-0.1, -0.05) is 20.8 Å². The number of hydrogen-bond acceptors (Lipinski definition) is 3. The third kappa shape index (κ3) is 2.69. The van der Waals surface area contributed by atoms with Gasteiger partial charge in [-0.15, -0.1) is 0 Å². The highest BCUT2D eigenvalue weighted by Crippen LogP contribution is 2.26. The molecular weight excluding hydrogens is 256 g/mol. The maximum atomic E-state index is 12.6. The van der Waals surface area contributed by atoms with E-state index in [4.69, 9.17) is 0 Å². The van der Waals surface area contributed by atoms with Gasteiger partial charge >= 0.3 is 0 Å². The van der Waals surface area contributed by atoms with Gasteiger partial charge in [-0.25, -0.2) is 0 Å². The van der Waals surface area contributed by atoms with Gasteiger partial charge in [0.25, 0.3) is 5.91 Å². The Hall–Kier alpha value is -1.85. The molecule has 1 atom stereocenters. The van der Waals surface area contributed by atoms with Gasteiger partial charge in [-0.2, -0.15) is 5.10 Å². The minimum Gasteiger partial charge on any atom is -0.342 e. The fourth-order valence-electron chi connectivity index (χ4n) is 2.20. The van der Waals surface area contributed by atoms with E-state index in [9.17, 15) is 9.59 Å². The lowest BCUT2D eigenvalue weighted by Crippen LogP contribution is -2.62. The molecule has 1 aromatic rings.